The molecule has 5 atom stereocenters. The molecule has 3 nitrogen and oxygen atoms in total. The molecule has 0 N–H and O–H groups in total. The topological polar surface area (TPSA) is 35.5 Å². The van der Waals surface area contributed by atoms with Crippen molar-refractivity contribution < 1.29 is 14.3 Å². The molecule has 2 saturated carbocycles. The maximum Gasteiger partial charge on any atom is 0.155 e. The number of carbonyl (C=O) groups excluding carboxylic acids is 1. The minimum atomic E-state index is -0.142. The molecule has 0 aliphatic heterocycles. The van der Waals surface area contributed by atoms with Gasteiger partial charge in [-0.05, 0) is 77.0 Å². The first-order valence-corrected chi connectivity index (χ1v) is 10.5. The van der Waals surface area contributed by atoms with Gasteiger partial charge in [0.15, 0.2) is 6.29 Å². The fourth-order valence-corrected chi connectivity index (χ4v) is 5.73. The van der Waals surface area contributed by atoms with Crippen LogP contribution in [0.15, 0.2) is 0 Å². The molecule has 2 aliphatic rings. The predicted molar refractivity (Wildman–Crippen MR) is 102 cm³/mol. The molecule has 2 aliphatic carbocycles. The predicted octanol–water partition coefficient (Wildman–Crippen LogP) is 5.76. The Morgan fingerprint density at radius 3 is 2.68 bits per heavy atom. The van der Waals surface area contributed by atoms with E-state index in [1.54, 1.807) is 0 Å². The summed E-state index contributed by atoms with van der Waals surface area (Å²) in [5, 5.41) is 0. The summed E-state index contributed by atoms with van der Waals surface area (Å²) in [5.74, 6) is 2.30. The van der Waals surface area contributed by atoms with Gasteiger partial charge < -0.3 is 9.47 Å². The third-order valence-corrected chi connectivity index (χ3v) is 6.95. The van der Waals surface area contributed by atoms with Gasteiger partial charge >= 0.3 is 0 Å². The molecule has 0 bridgehead atoms. The van der Waals surface area contributed by atoms with Crippen molar-refractivity contribution in [3.63, 3.8) is 0 Å². The number of hydrogen-bond donors (Lipinski definition) is 0. The highest BCUT2D eigenvalue weighted by molar-refractivity contribution is 5.83. The Morgan fingerprint density at radius 1 is 1.28 bits per heavy atom. The van der Waals surface area contributed by atoms with E-state index in [0.29, 0.717) is 30.1 Å². The molecule has 0 amide bonds. The quantitative estimate of drug-likeness (QED) is 0.495. The zero-order chi connectivity index (χ0) is 18.7. The first-order valence-electron chi connectivity index (χ1n) is 10.5. The molecular weight excluding hydrogens is 312 g/mol. The molecule has 2 rings (SSSR count). The Bertz CT molecular complexity index is 445. The Kier molecular flexibility index (Phi) is 7.12. The number of carbonyl (C=O) groups is 1. The zero-order valence-corrected chi connectivity index (χ0v) is 17.4. The summed E-state index contributed by atoms with van der Waals surface area (Å²) >= 11 is 0. The lowest BCUT2D eigenvalue weighted by molar-refractivity contribution is -0.191. The molecule has 3 heteroatoms. The van der Waals surface area contributed by atoms with Crippen molar-refractivity contribution in [2.75, 3.05) is 6.61 Å². The van der Waals surface area contributed by atoms with E-state index in [-0.39, 0.29) is 17.3 Å². The summed E-state index contributed by atoms with van der Waals surface area (Å²) in [5.41, 5.74) is 0.126. The number of ether oxygens (including phenoxy) is 2. The number of Topliss-reactive ketones (excluding diaryl/α,β-unsaturated/α-hetero) is 1. The number of fused-ring (bicyclic) bond motifs is 1. The normalized spacial score (nSPS) is 32.5. The highest BCUT2D eigenvalue weighted by atomic mass is 16.7. The van der Waals surface area contributed by atoms with Crippen LogP contribution in [0.1, 0.15) is 92.9 Å². The number of rotatable bonds is 9. The van der Waals surface area contributed by atoms with Gasteiger partial charge in [-0.1, -0.05) is 26.7 Å². The largest absolute Gasteiger partial charge is 0.353 e. The van der Waals surface area contributed by atoms with Gasteiger partial charge in [0.2, 0.25) is 0 Å². The molecule has 0 radical (unpaired) electrons. The van der Waals surface area contributed by atoms with Crippen molar-refractivity contribution in [3.05, 3.63) is 0 Å². The van der Waals surface area contributed by atoms with Crippen LogP contribution in [-0.2, 0) is 14.3 Å². The van der Waals surface area contributed by atoms with Crippen molar-refractivity contribution in [1.29, 1.82) is 0 Å². The van der Waals surface area contributed by atoms with Crippen LogP contribution in [0.3, 0.4) is 0 Å². The second kappa shape index (κ2) is 8.52. The van der Waals surface area contributed by atoms with Gasteiger partial charge in [-0.15, -0.1) is 0 Å². The van der Waals surface area contributed by atoms with Crippen LogP contribution in [0.2, 0.25) is 0 Å². The smallest absolute Gasteiger partial charge is 0.155 e. The fourth-order valence-electron chi connectivity index (χ4n) is 5.73. The first kappa shape index (κ1) is 20.9. The Balaban J connectivity index is 1.82. The Labute approximate surface area is 155 Å². The van der Waals surface area contributed by atoms with Crippen LogP contribution in [0.4, 0.5) is 0 Å². The molecule has 0 heterocycles. The van der Waals surface area contributed by atoms with Gasteiger partial charge in [-0.3, -0.25) is 4.79 Å². The average Bonchev–Trinajstić information content (AvgIpc) is 2.85. The van der Waals surface area contributed by atoms with E-state index < -0.39 is 0 Å². The molecule has 0 aromatic carbocycles. The molecule has 0 spiro atoms. The maximum atomic E-state index is 12.3. The van der Waals surface area contributed by atoms with Crippen LogP contribution in [0.5, 0.6) is 0 Å². The molecule has 2 fully saturated rings. The van der Waals surface area contributed by atoms with E-state index >= 15 is 0 Å². The number of hydrogen-bond acceptors (Lipinski definition) is 3. The van der Waals surface area contributed by atoms with Crippen molar-refractivity contribution in [3.8, 4) is 0 Å². The van der Waals surface area contributed by atoms with Gasteiger partial charge in [-0.25, -0.2) is 0 Å². The summed E-state index contributed by atoms with van der Waals surface area (Å²) in [6.07, 6.45) is 8.88. The van der Waals surface area contributed by atoms with E-state index in [2.05, 4.69) is 27.7 Å². The highest BCUT2D eigenvalue weighted by Gasteiger charge is 2.52. The van der Waals surface area contributed by atoms with Crippen molar-refractivity contribution >= 4 is 5.78 Å². The van der Waals surface area contributed by atoms with Gasteiger partial charge in [-0.2, -0.15) is 0 Å². The number of ketones is 1. The van der Waals surface area contributed by atoms with E-state index in [1.165, 1.54) is 25.7 Å². The van der Waals surface area contributed by atoms with Crippen LogP contribution in [0, 0.1) is 23.2 Å². The molecule has 0 aromatic heterocycles. The summed E-state index contributed by atoms with van der Waals surface area (Å²) in [4.78, 5) is 12.3. The van der Waals surface area contributed by atoms with Crippen LogP contribution < -0.4 is 0 Å². The average molecular weight is 353 g/mol. The van der Waals surface area contributed by atoms with Crippen LogP contribution in [0.25, 0.3) is 0 Å². The molecule has 146 valence electrons. The Morgan fingerprint density at radius 2 is 2.00 bits per heavy atom. The van der Waals surface area contributed by atoms with Crippen LogP contribution in [-0.4, -0.2) is 24.3 Å². The lowest BCUT2D eigenvalue weighted by atomic mass is 9.62. The first-order chi connectivity index (χ1) is 11.7. The van der Waals surface area contributed by atoms with E-state index in [0.717, 1.165) is 25.7 Å². The zero-order valence-electron chi connectivity index (χ0n) is 17.4. The molecule has 0 saturated heterocycles. The maximum absolute atomic E-state index is 12.3. The van der Waals surface area contributed by atoms with E-state index in [9.17, 15) is 4.79 Å². The highest BCUT2D eigenvalue weighted by Crippen LogP contribution is 2.57. The summed E-state index contributed by atoms with van der Waals surface area (Å²) in [6.45, 7) is 13.8. The van der Waals surface area contributed by atoms with Gasteiger partial charge in [0.05, 0.1) is 5.60 Å². The second-order valence-electron chi connectivity index (χ2n) is 9.33. The molecular formula is C22H40O3. The minimum absolute atomic E-state index is 0.139. The molecule has 0 aromatic rings. The van der Waals surface area contributed by atoms with Gasteiger partial charge in [0.1, 0.15) is 5.78 Å². The second-order valence-corrected chi connectivity index (χ2v) is 9.33. The van der Waals surface area contributed by atoms with Crippen molar-refractivity contribution in [2.45, 2.75) is 105 Å². The lowest BCUT2D eigenvalue weighted by Crippen LogP contribution is -2.39. The third-order valence-electron chi connectivity index (χ3n) is 6.95. The van der Waals surface area contributed by atoms with Crippen molar-refractivity contribution in [1.82, 2.24) is 0 Å². The minimum Gasteiger partial charge on any atom is -0.353 e. The molecule has 25 heavy (non-hydrogen) atoms. The summed E-state index contributed by atoms with van der Waals surface area (Å²) < 4.78 is 11.6. The molecule has 1 unspecified atom stereocenters. The lowest BCUT2D eigenvalue weighted by Gasteiger charge is -2.42. The third kappa shape index (κ3) is 5.07. The van der Waals surface area contributed by atoms with Gasteiger partial charge in [0, 0.05) is 18.9 Å². The van der Waals surface area contributed by atoms with E-state index in [4.69, 9.17) is 9.47 Å². The van der Waals surface area contributed by atoms with Crippen LogP contribution >= 0.6 is 0 Å². The monoisotopic (exact) mass is 352 g/mol. The van der Waals surface area contributed by atoms with E-state index in [1.807, 2.05) is 13.8 Å². The Hall–Kier alpha value is -0.410. The summed E-state index contributed by atoms with van der Waals surface area (Å²) in [6, 6.07) is 0. The van der Waals surface area contributed by atoms with Crippen molar-refractivity contribution in [2.24, 2.45) is 23.2 Å². The standard InChI is InChI=1S/C22H40O3/c1-7-24-17(3)25-21(4,5)14-8-10-16(2)18-12-13-19-20(23)11-9-15-22(18,19)6/h16-19H,7-15H2,1-6H3/t16-,17?,18+,19+,22+/m0/s1. The SMILES string of the molecule is CCOC(C)OC(C)(C)CCC[C@H](C)[C@H]1CC[C@@H]2C(=O)CCC[C@@]21C. The fraction of sp³-hybridized carbons (Fsp3) is 0.955. The summed E-state index contributed by atoms with van der Waals surface area (Å²) in [7, 11) is 0. The van der Waals surface area contributed by atoms with Gasteiger partial charge in [0.25, 0.3) is 0 Å².